The summed E-state index contributed by atoms with van der Waals surface area (Å²) in [7, 11) is 0. The van der Waals surface area contributed by atoms with Gasteiger partial charge < -0.3 is 16.0 Å². The highest BCUT2D eigenvalue weighted by molar-refractivity contribution is 5.86. The summed E-state index contributed by atoms with van der Waals surface area (Å²) in [5.74, 6) is 0.0856. The third-order valence-corrected chi connectivity index (χ3v) is 3.03. The lowest BCUT2D eigenvalue weighted by molar-refractivity contribution is -0.122. The van der Waals surface area contributed by atoms with Gasteiger partial charge in [0.25, 0.3) is 0 Å². The lowest BCUT2D eigenvalue weighted by Gasteiger charge is -2.35. The molecule has 4 heteroatoms. The summed E-state index contributed by atoms with van der Waals surface area (Å²) in [6.07, 6.45) is 0. The van der Waals surface area contributed by atoms with Gasteiger partial charge in [0.05, 0.1) is 0 Å². The molecule has 1 aliphatic heterocycles. The molecule has 86 valence electrons. The second-order valence-electron chi connectivity index (χ2n) is 4.21. The molecule has 1 unspecified atom stereocenters. The summed E-state index contributed by atoms with van der Waals surface area (Å²) < 4.78 is 0. The van der Waals surface area contributed by atoms with Crippen LogP contribution in [0.1, 0.15) is 12.5 Å². The zero-order valence-electron chi connectivity index (χ0n) is 9.66. The monoisotopic (exact) mass is 219 g/mol. The lowest BCUT2D eigenvalue weighted by atomic mass is 10.1. The maximum Gasteiger partial charge on any atom is 0.242 e. The smallest absolute Gasteiger partial charge is 0.242 e. The number of nitrogens with one attached hydrogen (secondary N) is 1. The third kappa shape index (κ3) is 1.83. The van der Waals surface area contributed by atoms with Crippen LogP contribution in [0.4, 0.5) is 11.4 Å². The standard InChI is InChI=1S/C12H17N3O/c1-8-7-10(13)3-4-11(8)15-6-5-14-12(16)9(15)2/h3-4,7,9H,5-6,13H2,1-2H3,(H,14,16). The van der Waals surface area contributed by atoms with Crippen LogP contribution in [0.3, 0.4) is 0 Å². The van der Waals surface area contributed by atoms with Crippen molar-refractivity contribution in [2.75, 3.05) is 23.7 Å². The van der Waals surface area contributed by atoms with E-state index in [4.69, 9.17) is 5.73 Å². The maximum atomic E-state index is 11.6. The molecule has 0 spiro atoms. The van der Waals surface area contributed by atoms with E-state index in [9.17, 15) is 4.79 Å². The van der Waals surface area contributed by atoms with Crippen LogP contribution in [0, 0.1) is 6.92 Å². The van der Waals surface area contributed by atoms with Gasteiger partial charge in [0.15, 0.2) is 0 Å². The summed E-state index contributed by atoms with van der Waals surface area (Å²) in [5.41, 5.74) is 8.69. The molecule has 0 bridgehead atoms. The molecule has 1 aromatic carbocycles. The summed E-state index contributed by atoms with van der Waals surface area (Å²) in [4.78, 5) is 13.7. The first-order valence-electron chi connectivity index (χ1n) is 5.50. The zero-order chi connectivity index (χ0) is 11.7. The van der Waals surface area contributed by atoms with E-state index in [0.717, 1.165) is 23.5 Å². The van der Waals surface area contributed by atoms with Crippen LogP contribution in [0.2, 0.25) is 0 Å². The summed E-state index contributed by atoms with van der Waals surface area (Å²) >= 11 is 0. The molecule has 1 fully saturated rings. The van der Waals surface area contributed by atoms with Crippen LogP contribution in [0.25, 0.3) is 0 Å². The van der Waals surface area contributed by atoms with E-state index < -0.39 is 0 Å². The number of rotatable bonds is 1. The molecule has 3 N–H and O–H groups in total. The van der Waals surface area contributed by atoms with Gasteiger partial charge in [-0.1, -0.05) is 0 Å². The number of carbonyl (C=O) groups excluding carboxylic acids is 1. The molecule has 1 aromatic rings. The Morgan fingerprint density at radius 2 is 2.25 bits per heavy atom. The molecule has 0 aromatic heterocycles. The van der Waals surface area contributed by atoms with Crippen molar-refractivity contribution >= 4 is 17.3 Å². The Morgan fingerprint density at radius 1 is 1.50 bits per heavy atom. The quantitative estimate of drug-likeness (QED) is 0.690. The first-order chi connectivity index (χ1) is 7.59. The molecule has 1 amide bonds. The molecule has 2 rings (SSSR count). The number of aryl methyl sites for hydroxylation is 1. The highest BCUT2D eigenvalue weighted by Crippen LogP contribution is 2.24. The second-order valence-corrected chi connectivity index (χ2v) is 4.21. The first-order valence-corrected chi connectivity index (χ1v) is 5.50. The van der Waals surface area contributed by atoms with E-state index in [0.29, 0.717) is 6.54 Å². The van der Waals surface area contributed by atoms with E-state index in [-0.39, 0.29) is 11.9 Å². The molecule has 0 aliphatic carbocycles. The number of piperazine rings is 1. The lowest BCUT2D eigenvalue weighted by Crippen LogP contribution is -2.54. The van der Waals surface area contributed by atoms with Gasteiger partial charge in [-0.05, 0) is 37.6 Å². The zero-order valence-corrected chi connectivity index (χ0v) is 9.66. The number of nitrogens with two attached hydrogens (primary N) is 1. The molecule has 1 saturated heterocycles. The minimum absolute atomic E-state index is 0.0856. The number of hydrogen-bond donors (Lipinski definition) is 2. The molecule has 16 heavy (non-hydrogen) atoms. The minimum atomic E-state index is -0.115. The molecule has 4 nitrogen and oxygen atoms in total. The molecule has 0 saturated carbocycles. The average Bonchev–Trinajstić information content (AvgIpc) is 2.23. The van der Waals surface area contributed by atoms with Gasteiger partial charge in [-0.3, -0.25) is 4.79 Å². The van der Waals surface area contributed by atoms with E-state index in [1.807, 2.05) is 32.0 Å². The van der Waals surface area contributed by atoms with Crippen molar-refractivity contribution < 1.29 is 4.79 Å². The van der Waals surface area contributed by atoms with E-state index in [1.54, 1.807) is 0 Å². The molecule has 0 radical (unpaired) electrons. The minimum Gasteiger partial charge on any atom is -0.399 e. The van der Waals surface area contributed by atoms with Gasteiger partial charge in [-0.15, -0.1) is 0 Å². The van der Waals surface area contributed by atoms with E-state index in [1.165, 1.54) is 0 Å². The summed E-state index contributed by atoms with van der Waals surface area (Å²) in [5, 5.41) is 2.86. The number of hydrogen-bond acceptors (Lipinski definition) is 3. The largest absolute Gasteiger partial charge is 0.399 e. The summed E-state index contributed by atoms with van der Waals surface area (Å²) in [6.45, 7) is 5.49. The van der Waals surface area contributed by atoms with Gasteiger partial charge >= 0.3 is 0 Å². The van der Waals surface area contributed by atoms with E-state index >= 15 is 0 Å². The Balaban J connectivity index is 2.32. The van der Waals surface area contributed by atoms with Crippen molar-refractivity contribution in [1.82, 2.24) is 5.32 Å². The van der Waals surface area contributed by atoms with Gasteiger partial charge in [-0.2, -0.15) is 0 Å². The maximum absolute atomic E-state index is 11.6. The fraction of sp³-hybridized carbons (Fsp3) is 0.417. The predicted octanol–water partition coefficient (Wildman–Crippen LogP) is 0.902. The van der Waals surface area contributed by atoms with Crippen molar-refractivity contribution in [3.63, 3.8) is 0 Å². The Morgan fingerprint density at radius 3 is 2.94 bits per heavy atom. The van der Waals surface area contributed by atoms with Gasteiger partial charge in [-0.25, -0.2) is 0 Å². The van der Waals surface area contributed by atoms with Crippen LogP contribution in [0.5, 0.6) is 0 Å². The molecular formula is C12H17N3O. The third-order valence-electron chi connectivity index (χ3n) is 3.03. The number of carbonyl (C=O) groups is 1. The van der Waals surface area contributed by atoms with Crippen LogP contribution in [-0.4, -0.2) is 25.0 Å². The van der Waals surface area contributed by atoms with Crippen LogP contribution in [-0.2, 0) is 4.79 Å². The van der Waals surface area contributed by atoms with Crippen LogP contribution in [0.15, 0.2) is 18.2 Å². The Bertz CT molecular complexity index is 417. The first kappa shape index (κ1) is 10.8. The summed E-state index contributed by atoms with van der Waals surface area (Å²) in [6, 6.07) is 5.69. The normalized spacial score (nSPS) is 20.8. The van der Waals surface area contributed by atoms with Crippen molar-refractivity contribution in [3.8, 4) is 0 Å². The van der Waals surface area contributed by atoms with Crippen molar-refractivity contribution in [2.45, 2.75) is 19.9 Å². The van der Waals surface area contributed by atoms with Gasteiger partial charge in [0.1, 0.15) is 6.04 Å². The number of nitrogens with zero attached hydrogens (tertiary/aromatic N) is 1. The van der Waals surface area contributed by atoms with Crippen molar-refractivity contribution in [1.29, 1.82) is 0 Å². The van der Waals surface area contributed by atoms with Crippen molar-refractivity contribution in [3.05, 3.63) is 23.8 Å². The fourth-order valence-electron chi connectivity index (χ4n) is 2.11. The molecule has 1 aliphatic rings. The fourth-order valence-corrected chi connectivity index (χ4v) is 2.11. The number of nitrogen functional groups attached to an aromatic ring is 1. The highest BCUT2D eigenvalue weighted by atomic mass is 16.2. The van der Waals surface area contributed by atoms with Crippen LogP contribution >= 0.6 is 0 Å². The number of benzene rings is 1. The predicted molar refractivity (Wildman–Crippen MR) is 65.4 cm³/mol. The molecule has 1 atom stereocenters. The van der Waals surface area contributed by atoms with Gasteiger partial charge in [0, 0.05) is 24.5 Å². The Labute approximate surface area is 95.4 Å². The Hall–Kier alpha value is -1.71. The molecular weight excluding hydrogens is 202 g/mol. The second kappa shape index (κ2) is 4.04. The number of anilines is 2. The van der Waals surface area contributed by atoms with Gasteiger partial charge in [0.2, 0.25) is 5.91 Å². The Kier molecular flexibility index (Phi) is 2.73. The number of amides is 1. The molecule has 1 heterocycles. The topological polar surface area (TPSA) is 58.4 Å². The van der Waals surface area contributed by atoms with Crippen molar-refractivity contribution in [2.24, 2.45) is 0 Å². The van der Waals surface area contributed by atoms with E-state index in [2.05, 4.69) is 10.2 Å². The highest BCUT2D eigenvalue weighted by Gasteiger charge is 2.26. The SMILES string of the molecule is Cc1cc(N)ccc1N1CCNC(=O)C1C. The average molecular weight is 219 g/mol. The van der Waals surface area contributed by atoms with Crippen LogP contribution < -0.4 is 16.0 Å².